The highest BCUT2D eigenvalue weighted by Crippen LogP contribution is 2.08. The van der Waals surface area contributed by atoms with E-state index >= 15 is 0 Å². The molecule has 1 aliphatic rings. The zero-order valence-corrected chi connectivity index (χ0v) is 17.1. The molecule has 154 valence electrons. The number of carbonyl (C=O) groups excluding carboxylic acids is 2. The summed E-state index contributed by atoms with van der Waals surface area (Å²) >= 11 is 0. The molecule has 0 aromatic heterocycles. The summed E-state index contributed by atoms with van der Waals surface area (Å²) in [7, 11) is 2.13. The van der Waals surface area contributed by atoms with Crippen LogP contribution in [0.25, 0.3) is 0 Å². The van der Waals surface area contributed by atoms with Gasteiger partial charge < -0.3 is 16.0 Å². The number of amides is 3. The number of benzene rings is 1. The molecule has 0 radical (unpaired) electrons. The Morgan fingerprint density at radius 2 is 2.04 bits per heavy atom. The van der Waals surface area contributed by atoms with Gasteiger partial charge in [0.15, 0.2) is 5.96 Å². The van der Waals surface area contributed by atoms with Gasteiger partial charge in [-0.2, -0.15) is 0 Å². The number of guanidine groups is 1. The molecule has 1 heterocycles. The molecule has 1 aromatic carbocycles. The van der Waals surface area contributed by atoms with Crippen LogP contribution in [0.15, 0.2) is 35.3 Å². The van der Waals surface area contributed by atoms with Crippen molar-refractivity contribution in [2.24, 2.45) is 4.99 Å². The number of rotatable bonds is 10. The van der Waals surface area contributed by atoms with Gasteiger partial charge in [-0.3, -0.25) is 19.6 Å². The molecule has 28 heavy (non-hydrogen) atoms. The van der Waals surface area contributed by atoms with E-state index in [0.717, 1.165) is 19.5 Å². The van der Waals surface area contributed by atoms with Crippen LogP contribution in [0.1, 0.15) is 25.8 Å². The summed E-state index contributed by atoms with van der Waals surface area (Å²) in [5.74, 6) is 0.511. The second-order valence-electron chi connectivity index (χ2n) is 6.93. The SMILES string of the molecule is CCNC(=NCCC(C)N(C)Cc1ccccc1)NCCN1C(=O)CNC1=O. The van der Waals surface area contributed by atoms with E-state index in [2.05, 4.69) is 64.1 Å². The first-order chi connectivity index (χ1) is 13.5. The first-order valence-electron chi connectivity index (χ1n) is 9.85. The summed E-state index contributed by atoms with van der Waals surface area (Å²) in [4.78, 5) is 31.3. The third-order valence-electron chi connectivity index (χ3n) is 4.75. The Morgan fingerprint density at radius 3 is 2.68 bits per heavy atom. The maximum absolute atomic E-state index is 11.6. The normalized spacial score (nSPS) is 15.7. The Hall–Kier alpha value is -2.61. The van der Waals surface area contributed by atoms with Crippen LogP contribution in [0, 0.1) is 0 Å². The highest BCUT2D eigenvalue weighted by atomic mass is 16.2. The average molecular weight is 389 g/mol. The van der Waals surface area contributed by atoms with Gasteiger partial charge in [-0.05, 0) is 32.9 Å². The van der Waals surface area contributed by atoms with Crippen molar-refractivity contribution in [3.63, 3.8) is 0 Å². The van der Waals surface area contributed by atoms with E-state index < -0.39 is 0 Å². The van der Waals surface area contributed by atoms with E-state index in [9.17, 15) is 9.59 Å². The minimum Gasteiger partial charge on any atom is -0.357 e. The van der Waals surface area contributed by atoms with Gasteiger partial charge >= 0.3 is 6.03 Å². The molecule has 3 amide bonds. The number of urea groups is 1. The second kappa shape index (κ2) is 11.3. The summed E-state index contributed by atoms with van der Waals surface area (Å²) in [6.45, 7) is 7.44. The average Bonchev–Trinajstić information content (AvgIpc) is 3.00. The lowest BCUT2D eigenvalue weighted by molar-refractivity contribution is -0.124. The Morgan fingerprint density at radius 1 is 1.29 bits per heavy atom. The minimum atomic E-state index is -0.330. The predicted molar refractivity (Wildman–Crippen MR) is 111 cm³/mol. The van der Waals surface area contributed by atoms with E-state index in [1.807, 2.05) is 13.0 Å². The minimum absolute atomic E-state index is 0.0847. The Kier molecular flexibility index (Phi) is 8.74. The van der Waals surface area contributed by atoms with Crippen molar-refractivity contribution in [2.45, 2.75) is 32.9 Å². The van der Waals surface area contributed by atoms with Gasteiger partial charge in [0.2, 0.25) is 5.91 Å². The summed E-state index contributed by atoms with van der Waals surface area (Å²) in [5, 5.41) is 8.89. The fraction of sp³-hybridized carbons (Fsp3) is 0.550. The lowest BCUT2D eigenvalue weighted by atomic mass is 10.1. The highest BCUT2D eigenvalue weighted by molar-refractivity contribution is 6.01. The Bertz CT molecular complexity index is 648. The molecule has 8 nitrogen and oxygen atoms in total. The van der Waals surface area contributed by atoms with Gasteiger partial charge in [0.1, 0.15) is 0 Å². The summed E-state index contributed by atoms with van der Waals surface area (Å²) in [6.07, 6.45) is 0.937. The van der Waals surface area contributed by atoms with Crippen LogP contribution in [0.4, 0.5) is 4.79 Å². The zero-order valence-electron chi connectivity index (χ0n) is 17.1. The zero-order chi connectivity index (χ0) is 20.4. The molecule has 1 aliphatic heterocycles. The van der Waals surface area contributed by atoms with Crippen molar-refractivity contribution in [1.82, 2.24) is 25.8 Å². The van der Waals surface area contributed by atoms with Crippen LogP contribution < -0.4 is 16.0 Å². The predicted octanol–water partition coefficient (Wildman–Crippen LogP) is 1.00. The van der Waals surface area contributed by atoms with E-state index in [4.69, 9.17) is 0 Å². The van der Waals surface area contributed by atoms with Crippen molar-refractivity contribution in [3.05, 3.63) is 35.9 Å². The molecule has 0 bridgehead atoms. The number of carbonyl (C=O) groups is 2. The molecule has 0 saturated carbocycles. The highest BCUT2D eigenvalue weighted by Gasteiger charge is 2.27. The summed E-state index contributed by atoms with van der Waals surface area (Å²) in [5.41, 5.74) is 1.30. The van der Waals surface area contributed by atoms with Gasteiger partial charge in [0.25, 0.3) is 0 Å². The first kappa shape index (κ1) is 21.7. The van der Waals surface area contributed by atoms with Gasteiger partial charge in [-0.15, -0.1) is 0 Å². The van der Waals surface area contributed by atoms with Crippen molar-refractivity contribution >= 4 is 17.9 Å². The van der Waals surface area contributed by atoms with Gasteiger partial charge in [-0.1, -0.05) is 30.3 Å². The number of nitrogens with zero attached hydrogens (tertiary/aromatic N) is 3. The fourth-order valence-corrected chi connectivity index (χ4v) is 2.92. The number of hydrogen-bond acceptors (Lipinski definition) is 4. The standard InChI is InChI=1S/C20H32N6O2/c1-4-21-19(23-12-13-26-18(27)14-24-20(26)28)22-11-10-16(2)25(3)15-17-8-6-5-7-9-17/h5-9,16H,4,10-15H2,1-3H3,(H,24,28)(H2,21,22,23). The van der Waals surface area contributed by atoms with Crippen LogP contribution in [0.2, 0.25) is 0 Å². The second-order valence-corrected chi connectivity index (χ2v) is 6.93. The molecule has 1 unspecified atom stereocenters. The number of nitrogens with one attached hydrogen (secondary N) is 3. The topological polar surface area (TPSA) is 89.1 Å². The van der Waals surface area contributed by atoms with Crippen molar-refractivity contribution in [3.8, 4) is 0 Å². The number of imide groups is 1. The van der Waals surface area contributed by atoms with Crippen molar-refractivity contribution in [1.29, 1.82) is 0 Å². The Labute approximate surface area is 167 Å². The third-order valence-corrected chi connectivity index (χ3v) is 4.75. The van der Waals surface area contributed by atoms with E-state index in [1.165, 1.54) is 10.5 Å². The molecule has 3 N–H and O–H groups in total. The maximum Gasteiger partial charge on any atom is 0.324 e. The molecule has 1 aromatic rings. The van der Waals surface area contributed by atoms with Crippen LogP contribution in [0.5, 0.6) is 0 Å². The lowest BCUT2D eigenvalue weighted by Gasteiger charge is -2.24. The monoisotopic (exact) mass is 388 g/mol. The molecule has 1 fully saturated rings. The molecule has 1 atom stereocenters. The largest absolute Gasteiger partial charge is 0.357 e. The molecule has 8 heteroatoms. The number of hydrogen-bond donors (Lipinski definition) is 3. The quantitative estimate of drug-likeness (QED) is 0.316. The molecule has 1 saturated heterocycles. The Balaban J connectivity index is 1.74. The van der Waals surface area contributed by atoms with Crippen molar-refractivity contribution < 1.29 is 9.59 Å². The molecule has 2 rings (SSSR count). The van der Waals surface area contributed by atoms with Crippen LogP contribution in [-0.2, 0) is 11.3 Å². The fourth-order valence-electron chi connectivity index (χ4n) is 2.92. The number of aliphatic imine (C=N–C) groups is 1. The molecular weight excluding hydrogens is 356 g/mol. The third kappa shape index (κ3) is 6.84. The van der Waals surface area contributed by atoms with E-state index in [1.54, 1.807) is 0 Å². The first-order valence-corrected chi connectivity index (χ1v) is 9.85. The van der Waals surface area contributed by atoms with Crippen molar-refractivity contribution in [2.75, 3.05) is 39.8 Å². The van der Waals surface area contributed by atoms with E-state index in [-0.39, 0.29) is 18.5 Å². The van der Waals surface area contributed by atoms with Gasteiger partial charge in [-0.25, -0.2) is 4.79 Å². The van der Waals surface area contributed by atoms with Gasteiger partial charge in [0, 0.05) is 38.8 Å². The molecule has 0 aliphatic carbocycles. The van der Waals surface area contributed by atoms with Crippen LogP contribution >= 0.6 is 0 Å². The smallest absolute Gasteiger partial charge is 0.324 e. The maximum atomic E-state index is 11.6. The van der Waals surface area contributed by atoms with Crippen LogP contribution in [-0.4, -0.2) is 73.5 Å². The molecular formula is C20H32N6O2. The van der Waals surface area contributed by atoms with Crippen LogP contribution in [0.3, 0.4) is 0 Å². The van der Waals surface area contributed by atoms with Gasteiger partial charge in [0.05, 0.1) is 6.54 Å². The lowest BCUT2D eigenvalue weighted by Crippen LogP contribution is -2.43. The van der Waals surface area contributed by atoms with E-state index in [0.29, 0.717) is 31.6 Å². The summed E-state index contributed by atoms with van der Waals surface area (Å²) < 4.78 is 0. The summed E-state index contributed by atoms with van der Waals surface area (Å²) in [6, 6.07) is 10.5. The molecule has 0 spiro atoms.